The molecule has 6 heteroatoms. The fraction of sp³-hybridized carbons (Fsp3) is 0.381. The molecule has 144 valence electrons. The van der Waals surface area contributed by atoms with Gasteiger partial charge in [-0.1, -0.05) is 24.1 Å². The van der Waals surface area contributed by atoms with Crippen molar-refractivity contribution in [2.45, 2.75) is 53.9 Å². The van der Waals surface area contributed by atoms with E-state index in [-0.39, 0.29) is 11.7 Å². The lowest BCUT2D eigenvalue weighted by atomic mass is 10.1. The van der Waals surface area contributed by atoms with Crippen LogP contribution in [0.3, 0.4) is 0 Å². The van der Waals surface area contributed by atoms with Crippen LogP contribution in [0, 0.1) is 6.92 Å². The van der Waals surface area contributed by atoms with Crippen LogP contribution in [0.4, 0.5) is 0 Å². The lowest BCUT2D eigenvalue weighted by Crippen LogP contribution is -2.13. The number of aryl methyl sites for hydroxylation is 1. The number of nitrogens with zero attached hydrogens (tertiary/aromatic N) is 1. The highest BCUT2D eigenvalue weighted by molar-refractivity contribution is 5.79. The van der Waals surface area contributed by atoms with Gasteiger partial charge >= 0.3 is 6.15 Å². The largest absolute Gasteiger partial charge is 0.387 e. The van der Waals surface area contributed by atoms with Crippen molar-refractivity contribution in [1.29, 1.82) is 0 Å². The first-order chi connectivity index (χ1) is 12.7. The standard InChI is InChI=1S/C10H16N2.C10H11NO.CO2/c1-4-9-5-7(2)6-10(9)12-8(3)11;1-6-3-8-5-7(2)11-10(12)9(8)4-6;2-1-3/h6H,4-5H2,1-3H3,(H2,11,12);3,5H,4H2,1-2H3,(H,11,12);. The van der Waals surface area contributed by atoms with Crippen molar-refractivity contribution in [3.63, 3.8) is 0 Å². The van der Waals surface area contributed by atoms with Gasteiger partial charge < -0.3 is 10.7 Å². The Kier molecular flexibility index (Phi) is 8.36. The Morgan fingerprint density at radius 3 is 2.33 bits per heavy atom. The first-order valence-corrected chi connectivity index (χ1v) is 8.81. The molecule has 0 aromatic carbocycles. The van der Waals surface area contributed by atoms with Crippen molar-refractivity contribution in [2.75, 3.05) is 0 Å². The number of nitrogens with one attached hydrogen (secondary N) is 1. The molecule has 0 unspecified atom stereocenters. The van der Waals surface area contributed by atoms with Crippen molar-refractivity contribution in [3.8, 4) is 0 Å². The second-order valence-electron chi connectivity index (χ2n) is 6.73. The van der Waals surface area contributed by atoms with Gasteiger partial charge in [0.25, 0.3) is 5.56 Å². The van der Waals surface area contributed by atoms with Gasteiger partial charge in [-0.2, -0.15) is 9.59 Å². The number of aromatic amines is 1. The van der Waals surface area contributed by atoms with Crippen molar-refractivity contribution in [2.24, 2.45) is 10.7 Å². The van der Waals surface area contributed by atoms with Crippen molar-refractivity contribution in [1.82, 2.24) is 4.98 Å². The molecule has 0 saturated heterocycles. The lowest BCUT2D eigenvalue weighted by molar-refractivity contribution is -0.191. The third-order valence-electron chi connectivity index (χ3n) is 4.12. The quantitative estimate of drug-likeness (QED) is 0.615. The number of H-pyrrole nitrogens is 1. The SMILES string of the molecule is CC1=Cc2cc(C)[nH]c(=O)c2C1.CCC1=C(N=C(C)N)C=C(C)C1.O=C=O. The predicted molar refractivity (Wildman–Crippen MR) is 107 cm³/mol. The van der Waals surface area contributed by atoms with Crippen LogP contribution in [0.2, 0.25) is 0 Å². The van der Waals surface area contributed by atoms with Crippen LogP contribution in [0.5, 0.6) is 0 Å². The molecule has 0 saturated carbocycles. The van der Waals surface area contributed by atoms with Crippen LogP contribution < -0.4 is 11.3 Å². The molecule has 1 heterocycles. The number of hydrogen-bond donors (Lipinski definition) is 2. The minimum Gasteiger partial charge on any atom is -0.387 e. The van der Waals surface area contributed by atoms with Gasteiger partial charge in [-0.05, 0) is 70.2 Å². The van der Waals surface area contributed by atoms with Crippen LogP contribution >= 0.6 is 0 Å². The summed E-state index contributed by atoms with van der Waals surface area (Å²) in [5.41, 5.74) is 13.7. The molecule has 2 aliphatic rings. The number of carbonyl (C=O) groups excluding carboxylic acids is 2. The summed E-state index contributed by atoms with van der Waals surface area (Å²) >= 11 is 0. The molecule has 1 aromatic heterocycles. The third-order valence-corrected chi connectivity index (χ3v) is 4.12. The first-order valence-electron chi connectivity index (χ1n) is 8.81. The van der Waals surface area contributed by atoms with E-state index in [1.54, 1.807) is 0 Å². The van der Waals surface area contributed by atoms with Gasteiger partial charge in [0.1, 0.15) is 0 Å². The van der Waals surface area contributed by atoms with Gasteiger partial charge in [0, 0.05) is 11.3 Å². The molecular formula is C21H27N3O3. The molecule has 0 fully saturated rings. The van der Waals surface area contributed by atoms with Crippen LogP contribution in [-0.4, -0.2) is 17.0 Å². The summed E-state index contributed by atoms with van der Waals surface area (Å²) in [6.07, 6.45) is 7.40. The van der Waals surface area contributed by atoms with Crippen molar-refractivity contribution >= 4 is 18.1 Å². The number of rotatable bonds is 2. The van der Waals surface area contributed by atoms with E-state index in [2.05, 4.69) is 42.9 Å². The van der Waals surface area contributed by atoms with Crippen LogP contribution in [0.25, 0.3) is 6.08 Å². The minimum atomic E-state index is 0.0677. The first kappa shape index (κ1) is 22.1. The Hall–Kier alpha value is -2.98. The molecule has 0 atom stereocenters. The van der Waals surface area contributed by atoms with E-state index in [0.717, 1.165) is 41.8 Å². The summed E-state index contributed by atoms with van der Waals surface area (Å²) in [7, 11) is 0. The number of amidine groups is 1. The molecule has 6 nitrogen and oxygen atoms in total. The summed E-state index contributed by atoms with van der Waals surface area (Å²) < 4.78 is 0. The highest BCUT2D eigenvalue weighted by Crippen LogP contribution is 2.27. The van der Waals surface area contributed by atoms with E-state index >= 15 is 0 Å². The molecule has 3 N–H and O–H groups in total. The van der Waals surface area contributed by atoms with Gasteiger partial charge in [-0.25, -0.2) is 4.99 Å². The monoisotopic (exact) mass is 369 g/mol. The Morgan fingerprint density at radius 1 is 1.19 bits per heavy atom. The third kappa shape index (κ3) is 6.68. The lowest BCUT2D eigenvalue weighted by Gasteiger charge is -1.98. The fourth-order valence-electron chi connectivity index (χ4n) is 3.07. The van der Waals surface area contributed by atoms with E-state index in [9.17, 15) is 4.79 Å². The number of pyridine rings is 1. The number of aromatic nitrogens is 1. The maximum Gasteiger partial charge on any atom is 0.373 e. The molecule has 0 bridgehead atoms. The predicted octanol–water partition coefficient (Wildman–Crippen LogP) is 3.44. The second-order valence-corrected chi connectivity index (χ2v) is 6.73. The number of allylic oxidation sites excluding steroid dienone is 4. The Labute approximate surface area is 159 Å². The zero-order valence-corrected chi connectivity index (χ0v) is 16.6. The molecular weight excluding hydrogens is 342 g/mol. The molecule has 27 heavy (non-hydrogen) atoms. The van der Waals surface area contributed by atoms with E-state index in [4.69, 9.17) is 15.3 Å². The molecule has 0 aliphatic heterocycles. The Balaban J connectivity index is 0.000000236. The number of nitrogens with two attached hydrogens (primary N) is 1. The Morgan fingerprint density at radius 2 is 1.78 bits per heavy atom. The highest BCUT2D eigenvalue weighted by atomic mass is 16.2. The number of fused-ring (bicyclic) bond motifs is 1. The molecule has 1 aromatic rings. The maximum atomic E-state index is 11.4. The zero-order chi connectivity index (χ0) is 20.6. The second kappa shape index (κ2) is 10.2. The smallest absolute Gasteiger partial charge is 0.373 e. The van der Waals surface area contributed by atoms with Gasteiger partial charge in [0.2, 0.25) is 0 Å². The minimum absolute atomic E-state index is 0.0677. The average Bonchev–Trinajstić information content (AvgIpc) is 3.10. The van der Waals surface area contributed by atoms with E-state index in [0.29, 0.717) is 5.84 Å². The van der Waals surface area contributed by atoms with E-state index < -0.39 is 0 Å². The summed E-state index contributed by atoms with van der Waals surface area (Å²) in [6.45, 7) is 10.1. The summed E-state index contributed by atoms with van der Waals surface area (Å²) in [6, 6.07) is 2.02. The van der Waals surface area contributed by atoms with Crippen LogP contribution in [0.15, 0.2) is 44.3 Å². The maximum absolute atomic E-state index is 11.4. The van der Waals surface area contributed by atoms with Crippen LogP contribution in [-0.2, 0) is 16.0 Å². The molecule has 3 rings (SSSR count). The molecule has 0 radical (unpaired) electrons. The van der Waals surface area contributed by atoms with Gasteiger partial charge in [0.15, 0.2) is 0 Å². The molecule has 0 amide bonds. The van der Waals surface area contributed by atoms with Crippen LogP contribution in [0.1, 0.15) is 57.4 Å². The number of hydrogen-bond acceptors (Lipinski definition) is 4. The summed E-state index contributed by atoms with van der Waals surface area (Å²) in [4.78, 5) is 34.7. The fourth-order valence-corrected chi connectivity index (χ4v) is 3.07. The Bertz CT molecular complexity index is 905. The van der Waals surface area contributed by atoms with Gasteiger partial charge in [-0.15, -0.1) is 0 Å². The van der Waals surface area contributed by atoms with E-state index in [1.807, 2.05) is 19.9 Å². The average molecular weight is 369 g/mol. The summed E-state index contributed by atoms with van der Waals surface area (Å²) in [5, 5.41) is 0. The number of aliphatic imine (C=N–C) groups is 1. The highest BCUT2D eigenvalue weighted by Gasteiger charge is 2.13. The summed E-state index contributed by atoms with van der Waals surface area (Å²) in [5.74, 6) is 0.641. The normalized spacial score (nSPS) is 14.9. The topological polar surface area (TPSA) is 105 Å². The van der Waals surface area contributed by atoms with Crippen molar-refractivity contribution in [3.05, 3.63) is 61.7 Å². The molecule has 2 aliphatic carbocycles. The van der Waals surface area contributed by atoms with E-state index in [1.165, 1.54) is 16.7 Å². The zero-order valence-electron chi connectivity index (χ0n) is 16.6. The molecule has 0 spiro atoms. The van der Waals surface area contributed by atoms with Gasteiger partial charge in [-0.3, -0.25) is 4.79 Å². The van der Waals surface area contributed by atoms with Crippen molar-refractivity contribution < 1.29 is 9.59 Å². The van der Waals surface area contributed by atoms with Gasteiger partial charge in [0.05, 0.1) is 11.5 Å².